The maximum absolute atomic E-state index is 14.1. The zero-order valence-corrected chi connectivity index (χ0v) is 16.5. The molecule has 0 fully saturated rings. The summed E-state index contributed by atoms with van der Waals surface area (Å²) in [4.78, 5) is 17.6. The third-order valence-corrected chi connectivity index (χ3v) is 6.41. The second-order valence-corrected chi connectivity index (χ2v) is 8.91. The number of hydrogen-bond donors (Lipinski definition) is 0. The van der Waals surface area contributed by atoms with Crippen molar-refractivity contribution in [3.05, 3.63) is 35.1 Å². The van der Waals surface area contributed by atoms with Crippen molar-refractivity contribution in [3.63, 3.8) is 0 Å². The highest BCUT2D eigenvalue weighted by atomic mass is 32.2. The summed E-state index contributed by atoms with van der Waals surface area (Å²) in [6.45, 7) is 4.62. The molecule has 0 spiro atoms. The van der Waals surface area contributed by atoms with Crippen LogP contribution in [0.1, 0.15) is 44.7 Å². The monoisotopic (exact) mass is 395 g/mol. The standard InChI is InChI=1S/C19H22FNO5S/c1-5-7-13-8-9-14(10-16(13)20)17-11-15(26-21-17)12-19(3,27(4,23)24)18(22)25-6-2/h8-10,15H,6,11-12H2,1-4H3. The summed E-state index contributed by atoms with van der Waals surface area (Å²) in [7, 11) is -3.75. The Hall–Kier alpha value is -2.40. The van der Waals surface area contributed by atoms with Crippen molar-refractivity contribution in [2.45, 2.75) is 44.5 Å². The van der Waals surface area contributed by atoms with Gasteiger partial charge in [0.05, 0.1) is 17.9 Å². The van der Waals surface area contributed by atoms with Crippen LogP contribution in [0.5, 0.6) is 0 Å². The predicted octanol–water partition coefficient (Wildman–Crippen LogP) is 2.45. The number of oxime groups is 1. The summed E-state index contributed by atoms with van der Waals surface area (Å²) < 4.78 is 41.6. The van der Waals surface area contributed by atoms with Crippen LogP contribution < -0.4 is 0 Å². The molecule has 1 aromatic rings. The quantitative estimate of drug-likeness (QED) is 0.546. The van der Waals surface area contributed by atoms with Crippen LogP contribution in [0, 0.1) is 17.7 Å². The lowest BCUT2D eigenvalue weighted by Crippen LogP contribution is -2.47. The van der Waals surface area contributed by atoms with Gasteiger partial charge in [-0.15, -0.1) is 5.92 Å². The lowest BCUT2D eigenvalue weighted by atomic mass is 9.96. The molecule has 27 heavy (non-hydrogen) atoms. The van der Waals surface area contributed by atoms with Gasteiger partial charge in [0.1, 0.15) is 11.9 Å². The maximum Gasteiger partial charge on any atom is 0.327 e. The predicted molar refractivity (Wildman–Crippen MR) is 99.5 cm³/mol. The molecule has 0 amide bonds. The molecule has 0 saturated carbocycles. The van der Waals surface area contributed by atoms with Crippen molar-refractivity contribution in [1.82, 2.24) is 0 Å². The average molecular weight is 395 g/mol. The van der Waals surface area contributed by atoms with E-state index in [2.05, 4.69) is 17.0 Å². The van der Waals surface area contributed by atoms with E-state index in [1.54, 1.807) is 26.0 Å². The van der Waals surface area contributed by atoms with Crippen LogP contribution in [-0.2, 0) is 24.2 Å². The Balaban J connectivity index is 2.17. The molecule has 0 saturated heterocycles. The molecule has 2 rings (SSSR count). The maximum atomic E-state index is 14.1. The first-order valence-corrected chi connectivity index (χ1v) is 10.3. The summed E-state index contributed by atoms with van der Waals surface area (Å²) in [5, 5.41) is 3.94. The first-order valence-electron chi connectivity index (χ1n) is 8.44. The Kier molecular flexibility index (Phi) is 6.26. The van der Waals surface area contributed by atoms with E-state index in [0.717, 1.165) is 6.26 Å². The van der Waals surface area contributed by atoms with Crippen LogP contribution in [0.3, 0.4) is 0 Å². The molecule has 8 heteroatoms. The van der Waals surface area contributed by atoms with Crippen molar-refractivity contribution in [1.29, 1.82) is 0 Å². The van der Waals surface area contributed by atoms with Gasteiger partial charge in [-0.25, -0.2) is 12.8 Å². The first-order chi connectivity index (χ1) is 12.6. The van der Waals surface area contributed by atoms with Crippen LogP contribution >= 0.6 is 0 Å². The van der Waals surface area contributed by atoms with Crippen molar-refractivity contribution in [2.75, 3.05) is 12.9 Å². The molecule has 0 N–H and O–H groups in total. The summed E-state index contributed by atoms with van der Waals surface area (Å²) in [5.74, 6) is 4.00. The molecular formula is C19H22FNO5S. The van der Waals surface area contributed by atoms with Crippen LogP contribution in [-0.4, -0.2) is 43.8 Å². The molecule has 0 radical (unpaired) electrons. The number of carbonyl (C=O) groups is 1. The number of rotatable bonds is 6. The van der Waals surface area contributed by atoms with E-state index in [9.17, 15) is 17.6 Å². The van der Waals surface area contributed by atoms with E-state index in [-0.39, 0.29) is 25.0 Å². The van der Waals surface area contributed by atoms with Crippen molar-refractivity contribution in [3.8, 4) is 11.8 Å². The van der Waals surface area contributed by atoms with Gasteiger partial charge in [-0.2, -0.15) is 0 Å². The third-order valence-electron chi connectivity index (χ3n) is 4.44. The van der Waals surface area contributed by atoms with E-state index >= 15 is 0 Å². The SMILES string of the molecule is CC#Cc1ccc(C2=NOC(CC(C)(C(=O)OCC)S(C)(=O)=O)C2)cc1F. The number of nitrogens with zero attached hydrogens (tertiary/aromatic N) is 1. The fourth-order valence-electron chi connectivity index (χ4n) is 2.74. The molecule has 2 atom stereocenters. The Morgan fingerprint density at radius 2 is 2.19 bits per heavy atom. The zero-order valence-electron chi connectivity index (χ0n) is 15.7. The van der Waals surface area contributed by atoms with Crippen molar-refractivity contribution < 1.29 is 27.2 Å². The second kappa shape index (κ2) is 8.09. The fourth-order valence-corrected chi connectivity index (χ4v) is 3.59. The Labute approximate surface area is 158 Å². The van der Waals surface area contributed by atoms with E-state index in [1.807, 2.05) is 0 Å². The summed E-state index contributed by atoms with van der Waals surface area (Å²) in [5.41, 5.74) is 1.28. The van der Waals surface area contributed by atoms with Gasteiger partial charge in [0.15, 0.2) is 14.6 Å². The first kappa shape index (κ1) is 20.9. The molecule has 1 aromatic carbocycles. The molecular weight excluding hydrogens is 373 g/mol. The van der Waals surface area contributed by atoms with Gasteiger partial charge in [-0.1, -0.05) is 17.1 Å². The largest absolute Gasteiger partial charge is 0.465 e. The Morgan fingerprint density at radius 1 is 1.48 bits per heavy atom. The average Bonchev–Trinajstić information content (AvgIpc) is 3.04. The number of sulfone groups is 1. The highest BCUT2D eigenvalue weighted by Gasteiger charge is 2.48. The number of benzene rings is 1. The van der Waals surface area contributed by atoms with Gasteiger partial charge in [0.25, 0.3) is 0 Å². The normalized spacial score (nSPS) is 18.6. The molecule has 2 unspecified atom stereocenters. The van der Waals surface area contributed by atoms with E-state index < -0.39 is 32.5 Å². The van der Waals surface area contributed by atoms with E-state index in [4.69, 9.17) is 9.57 Å². The van der Waals surface area contributed by atoms with Gasteiger partial charge in [-0.05, 0) is 32.9 Å². The minimum Gasteiger partial charge on any atom is -0.465 e. The lowest BCUT2D eigenvalue weighted by Gasteiger charge is -2.27. The minimum atomic E-state index is -3.75. The molecule has 0 aromatic heterocycles. The summed E-state index contributed by atoms with van der Waals surface area (Å²) in [6.07, 6.45) is 0.494. The van der Waals surface area contributed by atoms with Crippen LogP contribution in [0.2, 0.25) is 0 Å². The highest BCUT2D eigenvalue weighted by molar-refractivity contribution is 7.92. The molecule has 6 nitrogen and oxygen atoms in total. The smallest absolute Gasteiger partial charge is 0.327 e. The molecule has 1 aliphatic rings. The zero-order chi connectivity index (χ0) is 20.2. The van der Waals surface area contributed by atoms with Gasteiger partial charge >= 0.3 is 5.97 Å². The van der Waals surface area contributed by atoms with Crippen LogP contribution in [0.4, 0.5) is 4.39 Å². The summed E-state index contributed by atoms with van der Waals surface area (Å²) in [6, 6.07) is 4.54. The molecule has 0 aliphatic carbocycles. The summed E-state index contributed by atoms with van der Waals surface area (Å²) >= 11 is 0. The van der Waals surface area contributed by atoms with E-state index in [1.165, 1.54) is 13.0 Å². The molecule has 146 valence electrons. The van der Waals surface area contributed by atoms with Gasteiger partial charge in [0, 0.05) is 24.7 Å². The van der Waals surface area contributed by atoms with Gasteiger partial charge in [-0.3, -0.25) is 4.79 Å². The molecule has 1 heterocycles. The minimum absolute atomic E-state index is 0.0729. The molecule has 1 aliphatic heterocycles. The number of hydrogen-bond acceptors (Lipinski definition) is 6. The Morgan fingerprint density at radius 3 is 2.74 bits per heavy atom. The Bertz CT molecular complexity index is 929. The van der Waals surface area contributed by atoms with Crippen LogP contribution in [0.15, 0.2) is 23.4 Å². The van der Waals surface area contributed by atoms with Gasteiger partial charge < -0.3 is 9.57 Å². The lowest BCUT2D eigenvalue weighted by molar-refractivity contribution is -0.146. The third kappa shape index (κ3) is 4.48. The number of carbonyl (C=O) groups excluding carboxylic acids is 1. The van der Waals surface area contributed by atoms with Crippen molar-refractivity contribution >= 4 is 21.5 Å². The van der Waals surface area contributed by atoms with E-state index in [0.29, 0.717) is 11.3 Å². The fraction of sp³-hybridized carbons (Fsp3) is 0.474. The number of ether oxygens (including phenoxy) is 1. The van der Waals surface area contributed by atoms with Crippen LogP contribution in [0.25, 0.3) is 0 Å². The highest BCUT2D eigenvalue weighted by Crippen LogP contribution is 2.30. The van der Waals surface area contributed by atoms with Crippen molar-refractivity contribution in [2.24, 2.45) is 5.16 Å². The topological polar surface area (TPSA) is 82.0 Å². The number of esters is 1. The van der Waals surface area contributed by atoms with Gasteiger partial charge in [0.2, 0.25) is 0 Å². The number of halogens is 1. The second-order valence-electron chi connectivity index (χ2n) is 6.47. The molecule has 0 bridgehead atoms.